The van der Waals surface area contributed by atoms with Gasteiger partial charge in [-0.3, -0.25) is 14.9 Å². The maximum absolute atomic E-state index is 11.8. The Labute approximate surface area is 153 Å². The summed E-state index contributed by atoms with van der Waals surface area (Å²) >= 11 is 1.53. The highest BCUT2D eigenvalue weighted by Gasteiger charge is 2.16. The van der Waals surface area contributed by atoms with Gasteiger partial charge < -0.3 is 14.8 Å². The predicted molar refractivity (Wildman–Crippen MR) is 96.4 cm³/mol. The minimum atomic E-state index is -0.809. The molecule has 8 nitrogen and oxygen atoms in total. The molecule has 2 aromatic rings. The number of esters is 1. The number of benzene rings is 2. The Morgan fingerprint density at radius 2 is 1.92 bits per heavy atom. The van der Waals surface area contributed by atoms with Crippen LogP contribution < -0.4 is 10.1 Å². The van der Waals surface area contributed by atoms with Crippen LogP contribution in [0.5, 0.6) is 5.75 Å². The van der Waals surface area contributed by atoms with E-state index in [4.69, 9.17) is 9.47 Å². The van der Waals surface area contributed by atoms with E-state index in [9.17, 15) is 19.7 Å². The normalized spacial score (nSPS) is 10.0. The number of hydrogen-bond donors (Lipinski definition) is 1. The first-order chi connectivity index (χ1) is 12.5. The number of carbonyl (C=O) groups excluding carboxylic acids is 2. The lowest BCUT2D eigenvalue weighted by atomic mass is 10.3. The molecule has 9 heteroatoms. The van der Waals surface area contributed by atoms with Crippen molar-refractivity contribution in [3.05, 3.63) is 58.6 Å². The highest BCUT2D eigenvalue weighted by molar-refractivity contribution is 7.98. The van der Waals surface area contributed by atoms with Gasteiger partial charge in [0, 0.05) is 16.6 Å². The molecule has 0 atom stereocenters. The summed E-state index contributed by atoms with van der Waals surface area (Å²) in [7, 11) is 0. The summed E-state index contributed by atoms with van der Waals surface area (Å²) in [6.45, 7) is -1.03. The smallest absolute Gasteiger partial charge is 0.344 e. The summed E-state index contributed by atoms with van der Waals surface area (Å²) in [6, 6.07) is 12.9. The van der Waals surface area contributed by atoms with Gasteiger partial charge in [0.1, 0.15) is 0 Å². The van der Waals surface area contributed by atoms with Gasteiger partial charge in [-0.15, -0.1) is 11.8 Å². The summed E-state index contributed by atoms with van der Waals surface area (Å²) in [5.41, 5.74) is 0.334. The van der Waals surface area contributed by atoms with Crippen LogP contribution in [0.3, 0.4) is 0 Å². The van der Waals surface area contributed by atoms with Gasteiger partial charge in [0.05, 0.1) is 4.92 Å². The average Bonchev–Trinajstić information content (AvgIpc) is 2.65. The van der Waals surface area contributed by atoms with E-state index in [0.717, 1.165) is 4.90 Å². The lowest BCUT2D eigenvalue weighted by Crippen LogP contribution is -2.23. The second-order valence-electron chi connectivity index (χ2n) is 4.95. The Morgan fingerprint density at radius 3 is 2.65 bits per heavy atom. The Bertz CT molecular complexity index is 811. The van der Waals surface area contributed by atoms with Crippen molar-refractivity contribution in [2.45, 2.75) is 4.90 Å². The zero-order chi connectivity index (χ0) is 18.9. The first-order valence-electron chi connectivity index (χ1n) is 7.45. The third kappa shape index (κ3) is 5.78. The molecule has 0 heterocycles. The van der Waals surface area contributed by atoms with Crippen molar-refractivity contribution < 1.29 is 24.0 Å². The lowest BCUT2D eigenvalue weighted by molar-refractivity contribution is -0.385. The average molecular weight is 376 g/mol. The van der Waals surface area contributed by atoms with E-state index in [1.54, 1.807) is 24.3 Å². The molecular weight excluding hydrogens is 360 g/mol. The van der Waals surface area contributed by atoms with Crippen LogP contribution in [0.1, 0.15) is 0 Å². The Morgan fingerprint density at radius 1 is 1.15 bits per heavy atom. The van der Waals surface area contributed by atoms with Crippen LogP contribution in [0.15, 0.2) is 53.4 Å². The quantitative estimate of drug-likeness (QED) is 0.327. The predicted octanol–water partition coefficient (Wildman–Crippen LogP) is 2.88. The van der Waals surface area contributed by atoms with Crippen LogP contribution >= 0.6 is 11.8 Å². The molecule has 2 aromatic carbocycles. The van der Waals surface area contributed by atoms with Gasteiger partial charge >= 0.3 is 11.7 Å². The molecule has 2 rings (SSSR count). The number of anilines is 1. The standard InChI is InChI=1S/C17H16N2O6S/c1-26-13-6-4-5-12(9-13)18-16(20)10-25-17(21)11-24-15-8-3-2-7-14(15)19(22)23/h2-9H,10-11H2,1H3,(H,18,20). The lowest BCUT2D eigenvalue weighted by Gasteiger charge is -2.08. The number of nitro benzene ring substituents is 1. The highest BCUT2D eigenvalue weighted by atomic mass is 32.2. The number of carbonyl (C=O) groups is 2. The topological polar surface area (TPSA) is 108 Å². The van der Waals surface area contributed by atoms with E-state index in [1.165, 1.54) is 30.0 Å². The second-order valence-corrected chi connectivity index (χ2v) is 5.83. The summed E-state index contributed by atoms with van der Waals surface area (Å²) in [5, 5.41) is 13.5. The molecule has 0 aliphatic rings. The minimum absolute atomic E-state index is 0.0483. The number of rotatable bonds is 8. The summed E-state index contributed by atoms with van der Waals surface area (Å²) in [6.07, 6.45) is 1.92. The number of nitrogens with one attached hydrogen (secondary N) is 1. The molecule has 0 unspecified atom stereocenters. The number of thioether (sulfide) groups is 1. The summed E-state index contributed by atoms with van der Waals surface area (Å²) < 4.78 is 9.89. The summed E-state index contributed by atoms with van der Waals surface area (Å²) in [4.78, 5) is 34.7. The molecule has 26 heavy (non-hydrogen) atoms. The van der Waals surface area contributed by atoms with Gasteiger partial charge in [0.2, 0.25) is 0 Å². The number of para-hydroxylation sites is 2. The van der Waals surface area contributed by atoms with Crippen LogP contribution in [0.2, 0.25) is 0 Å². The maximum Gasteiger partial charge on any atom is 0.344 e. The molecular formula is C17H16N2O6S. The fraction of sp³-hybridized carbons (Fsp3) is 0.176. The van der Waals surface area contributed by atoms with E-state index >= 15 is 0 Å². The van der Waals surface area contributed by atoms with Crippen molar-refractivity contribution in [2.75, 3.05) is 24.8 Å². The maximum atomic E-state index is 11.8. The van der Waals surface area contributed by atoms with E-state index in [-0.39, 0.29) is 11.4 Å². The molecule has 0 bridgehead atoms. The van der Waals surface area contributed by atoms with Crippen molar-refractivity contribution in [2.24, 2.45) is 0 Å². The zero-order valence-corrected chi connectivity index (χ0v) is 14.7. The molecule has 0 saturated carbocycles. The van der Waals surface area contributed by atoms with E-state index in [1.807, 2.05) is 12.3 Å². The number of nitrogens with zero attached hydrogens (tertiary/aromatic N) is 1. The molecule has 0 saturated heterocycles. The van der Waals surface area contributed by atoms with E-state index in [0.29, 0.717) is 5.69 Å². The summed E-state index contributed by atoms with van der Waals surface area (Å²) in [5.74, 6) is -1.36. The monoisotopic (exact) mass is 376 g/mol. The Balaban J connectivity index is 1.79. The SMILES string of the molecule is CSc1cccc(NC(=O)COC(=O)COc2ccccc2[N+](=O)[O-])c1. The van der Waals surface area contributed by atoms with Crippen molar-refractivity contribution in [1.29, 1.82) is 0 Å². The molecule has 1 amide bonds. The Hall–Kier alpha value is -3.07. The molecule has 136 valence electrons. The first-order valence-corrected chi connectivity index (χ1v) is 8.68. The van der Waals surface area contributed by atoms with Gasteiger partial charge in [-0.05, 0) is 30.5 Å². The molecule has 0 radical (unpaired) electrons. The van der Waals surface area contributed by atoms with Gasteiger partial charge in [-0.1, -0.05) is 18.2 Å². The van der Waals surface area contributed by atoms with Crippen molar-refractivity contribution >= 4 is 35.0 Å². The Kier molecular flexibility index (Phi) is 6.98. The van der Waals surface area contributed by atoms with Crippen LogP contribution in [0.25, 0.3) is 0 Å². The van der Waals surface area contributed by atoms with Crippen LogP contribution in [-0.4, -0.2) is 36.3 Å². The van der Waals surface area contributed by atoms with Crippen LogP contribution in [0, 0.1) is 10.1 Å². The number of amides is 1. The number of ether oxygens (including phenoxy) is 2. The molecule has 0 aromatic heterocycles. The fourth-order valence-corrected chi connectivity index (χ4v) is 2.41. The number of hydrogen-bond acceptors (Lipinski definition) is 7. The minimum Gasteiger partial charge on any atom is -0.475 e. The first kappa shape index (κ1) is 19.3. The van der Waals surface area contributed by atoms with E-state index < -0.39 is 30.0 Å². The molecule has 0 aliphatic carbocycles. The van der Waals surface area contributed by atoms with Crippen molar-refractivity contribution in [3.63, 3.8) is 0 Å². The van der Waals surface area contributed by atoms with Crippen LogP contribution in [0.4, 0.5) is 11.4 Å². The molecule has 0 fully saturated rings. The largest absolute Gasteiger partial charge is 0.475 e. The van der Waals surface area contributed by atoms with Gasteiger partial charge in [0.25, 0.3) is 5.91 Å². The third-order valence-corrected chi connectivity index (χ3v) is 3.85. The highest BCUT2D eigenvalue weighted by Crippen LogP contribution is 2.25. The zero-order valence-electron chi connectivity index (χ0n) is 13.8. The molecule has 1 N–H and O–H groups in total. The molecule has 0 aliphatic heterocycles. The second kappa shape index (κ2) is 9.42. The number of nitro groups is 1. The van der Waals surface area contributed by atoms with Gasteiger partial charge in [-0.2, -0.15) is 0 Å². The third-order valence-electron chi connectivity index (χ3n) is 3.13. The van der Waals surface area contributed by atoms with Crippen molar-refractivity contribution in [3.8, 4) is 5.75 Å². The van der Waals surface area contributed by atoms with E-state index in [2.05, 4.69) is 5.32 Å². The van der Waals surface area contributed by atoms with Gasteiger partial charge in [0.15, 0.2) is 19.0 Å². The van der Waals surface area contributed by atoms with Crippen LogP contribution in [-0.2, 0) is 14.3 Å². The van der Waals surface area contributed by atoms with Gasteiger partial charge in [-0.25, -0.2) is 4.79 Å². The fourth-order valence-electron chi connectivity index (χ4n) is 1.95. The molecule has 0 spiro atoms. The van der Waals surface area contributed by atoms with Crippen molar-refractivity contribution in [1.82, 2.24) is 0 Å².